The van der Waals surface area contributed by atoms with Gasteiger partial charge in [-0.3, -0.25) is 4.79 Å². The van der Waals surface area contributed by atoms with E-state index in [0.29, 0.717) is 19.1 Å². The molecule has 1 aliphatic carbocycles. The normalized spacial score (nSPS) is 28.6. The molecule has 2 aliphatic rings. The third-order valence-electron chi connectivity index (χ3n) is 4.64. The van der Waals surface area contributed by atoms with Gasteiger partial charge in [-0.05, 0) is 33.1 Å². The molecule has 2 unspecified atom stereocenters. The Hall–Kier alpha value is -0.610. The van der Waals surface area contributed by atoms with Crippen LogP contribution < -0.4 is 0 Å². The van der Waals surface area contributed by atoms with Crippen LogP contribution in [0.15, 0.2) is 0 Å². The lowest BCUT2D eigenvalue weighted by Gasteiger charge is -2.26. The van der Waals surface area contributed by atoms with Gasteiger partial charge in [0.2, 0.25) is 0 Å². The summed E-state index contributed by atoms with van der Waals surface area (Å²) in [7, 11) is 0. The van der Waals surface area contributed by atoms with E-state index in [9.17, 15) is 4.79 Å². The maximum absolute atomic E-state index is 11.9. The Bertz CT molecular complexity index is 320. The van der Waals surface area contributed by atoms with E-state index in [0.717, 1.165) is 6.42 Å². The molecule has 0 aromatic rings. The van der Waals surface area contributed by atoms with Gasteiger partial charge in [-0.1, -0.05) is 26.2 Å². The molecule has 2 fully saturated rings. The van der Waals surface area contributed by atoms with Crippen molar-refractivity contribution in [2.75, 3.05) is 13.2 Å². The standard InChI is InChI=1S/C16H28O4/c1-4-16(2,3)15(17)19-11-13-10-18-14(20-13)12-8-6-5-7-9-12/h12-14H,4-11H2,1-3H3. The highest BCUT2D eigenvalue weighted by Crippen LogP contribution is 2.32. The third-order valence-corrected chi connectivity index (χ3v) is 4.64. The van der Waals surface area contributed by atoms with Crippen LogP contribution >= 0.6 is 0 Å². The van der Waals surface area contributed by atoms with E-state index in [-0.39, 0.29) is 18.4 Å². The number of esters is 1. The fourth-order valence-electron chi connectivity index (χ4n) is 2.72. The Kier molecular flexibility index (Phi) is 5.44. The van der Waals surface area contributed by atoms with E-state index in [1.165, 1.54) is 32.1 Å². The van der Waals surface area contributed by atoms with Gasteiger partial charge >= 0.3 is 5.97 Å². The smallest absolute Gasteiger partial charge is 0.311 e. The highest BCUT2D eigenvalue weighted by molar-refractivity contribution is 5.75. The maximum atomic E-state index is 11.9. The Morgan fingerprint density at radius 3 is 2.60 bits per heavy atom. The minimum atomic E-state index is -0.414. The first-order valence-electron chi connectivity index (χ1n) is 7.97. The van der Waals surface area contributed by atoms with Gasteiger partial charge in [-0.15, -0.1) is 0 Å². The largest absolute Gasteiger partial charge is 0.462 e. The van der Waals surface area contributed by atoms with Crippen molar-refractivity contribution in [2.45, 2.75) is 71.7 Å². The summed E-state index contributed by atoms with van der Waals surface area (Å²) < 4.78 is 17.0. The molecule has 2 atom stereocenters. The molecule has 1 heterocycles. The molecule has 0 amide bonds. The summed E-state index contributed by atoms with van der Waals surface area (Å²) in [5, 5.41) is 0. The van der Waals surface area contributed by atoms with E-state index in [1.807, 2.05) is 20.8 Å². The molecular formula is C16H28O4. The van der Waals surface area contributed by atoms with Gasteiger partial charge in [-0.2, -0.15) is 0 Å². The Morgan fingerprint density at radius 2 is 1.95 bits per heavy atom. The zero-order chi connectivity index (χ0) is 14.6. The monoisotopic (exact) mass is 284 g/mol. The highest BCUT2D eigenvalue weighted by Gasteiger charge is 2.35. The summed E-state index contributed by atoms with van der Waals surface area (Å²) in [5.41, 5.74) is -0.414. The summed E-state index contributed by atoms with van der Waals surface area (Å²) in [4.78, 5) is 11.9. The average Bonchev–Trinajstić information content (AvgIpc) is 2.94. The van der Waals surface area contributed by atoms with Crippen LogP contribution in [0, 0.1) is 11.3 Å². The predicted molar refractivity (Wildman–Crippen MR) is 76.2 cm³/mol. The molecule has 20 heavy (non-hydrogen) atoms. The van der Waals surface area contributed by atoms with Gasteiger partial charge in [0, 0.05) is 5.92 Å². The number of carbonyl (C=O) groups is 1. The topological polar surface area (TPSA) is 44.8 Å². The van der Waals surface area contributed by atoms with Crippen LogP contribution in [0.4, 0.5) is 0 Å². The van der Waals surface area contributed by atoms with Gasteiger partial charge < -0.3 is 14.2 Å². The van der Waals surface area contributed by atoms with E-state index in [4.69, 9.17) is 14.2 Å². The van der Waals surface area contributed by atoms with Crippen molar-refractivity contribution in [3.63, 3.8) is 0 Å². The van der Waals surface area contributed by atoms with Gasteiger partial charge in [0.1, 0.15) is 12.7 Å². The molecule has 0 spiro atoms. The zero-order valence-electron chi connectivity index (χ0n) is 13.0. The van der Waals surface area contributed by atoms with Gasteiger partial charge in [0.15, 0.2) is 6.29 Å². The zero-order valence-corrected chi connectivity index (χ0v) is 13.0. The lowest BCUT2D eigenvalue weighted by molar-refractivity contribution is -0.160. The average molecular weight is 284 g/mol. The summed E-state index contributed by atoms with van der Waals surface area (Å²) in [5.74, 6) is 0.376. The molecule has 0 radical (unpaired) electrons. The molecule has 1 saturated heterocycles. The Balaban J connectivity index is 1.72. The molecule has 0 N–H and O–H groups in total. The van der Waals surface area contributed by atoms with Crippen molar-refractivity contribution < 1.29 is 19.0 Å². The summed E-state index contributed by atoms with van der Waals surface area (Å²) in [6.07, 6.45) is 6.86. The Labute approximate surface area is 122 Å². The van der Waals surface area contributed by atoms with Gasteiger partial charge in [-0.25, -0.2) is 0 Å². The van der Waals surface area contributed by atoms with Crippen molar-refractivity contribution in [3.8, 4) is 0 Å². The van der Waals surface area contributed by atoms with Crippen LogP contribution in [0.5, 0.6) is 0 Å². The van der Waals surface area contributed by atoms with E-state index < -0.39 is 5.41 Å². The first kappa shape index (κ1) is 15.8. The van der Waals surface area contributed by atoms with Crippen LogP contribution in [0.2, 0.25) is 0 Å². The van der Waals surface area contributed by atoms with Crippen LogP contribution in [-0.4, -0.2) is 31.6 Å². The summed E-state index contributed by atoms with van der Waals surface area (Å²) in [6.45, 7) is 6.67. The van der Waals surface area contributed by atoms with Gasteiger partial charge in [0.05, 0.1) is 12.0 Å². The minimum absolute atomic E-state index is 0.0850. The SMILES string of the molecule is CCC(C)(C)C(=O)OCC1COC(C2CCCCC2)O1. The second kappa shape index (κ2) is 6.90. The molecule has 0 aromatic carbocycles. The Morgan fingerprint density at radius 1 is 1.25 bits per heavy atom. The minimum Gasteiger partial charge on any atom is -0.462 e. The number of hydrogen-bond acceptors (Lipinski definition) is 4. The summed E-state index contributed by atoms with van der Waals surface area (Å²) in [6, 6.07) is 0. The fraction of sp³-hybridized carbons (Fsp3) is 0.938. The molecule has 4 nitrogen and oxygen atoms in total. The third kappa shape index (κ3) is 3.95. The molecule has 4 heteroatoms. The van der Waals surface area contributed by atoms with E-state index >= 15 is 0 Å². The van der Waals surface area contributed by atoms with Crippen LogP contribution in [0.25, 0.3) is 0 Å². The first-order chi connectivity index (χ1) is 9.53. The number of carbonyl (C=O) groups excluding carboxylic acids is 1. The second-order valence-corrected chi connectivity index (χ2v) is 6.69. The molecular weight excluding hydrogens is 256 g/mol. The highest BCUT2D eigenvalue weighted by atomic mass is 16.7. The number of hydrogen-bond donors (Lipinski definition) is 0. The van der Waals surface area contributed by atoms with Crippen molar-refractivity contribution in [2.24, 2.45) is 11.3 Å². The van der Waals surface area contributed by atoms with Crippen molar-refractivity contribution in [1.82, 2.24) is 0 Å². The fourth-order valence-corrected chi connectivity index (χ4v) is 2.72. The lowest BCUT2D eigenvalue weighted by Crippen LogP contribution is -2.30. The van der Waals surface area contributed by atoms with E-state index in [2.05, 4.69) is 0 Å². The summed E-state index contributed by atoms with van der Waals surface area (Å²) >= 11 is 0. The lowest BCUT2D eigenvalue weighted by atomic mass is 9.89. The second-order valence-electron chi connectivity index (χ2n) is 6.69. The predicted octanol–water partition coefficient (Wildman–Crippen LogP) is 3.29. The molecule has 0 aromatic heterocycles. The van der Waals surface area contributed by atoms with Crippen molar-refractivity contribution in [1.29, 1.82) is 0 Å². The van der Waals surface area contributed by atoms with Crippen LogP contribution in [0.1, 0.15) is 59.3 Å². The van der Waals surface area contributed by atoms with Crippen molar-refractivity contribution >= 4 is 5.97 Å². The number of ether oxygens (including phenoxy) is 3. The molecule has 116 valence electrons. The molecule has 1 aliphatic heterocycles. The van der Waals surface area contributed by atoms with Crippen LogP contribution in [0.3, 0.4) is 0 Å². The van der Waals surface area contributed by atoms with E-state index in [1.54, 1.807) is 0 Å². The molecule has 0 bridgehead atoms. The maximum Gasteiger partial charge on any atom is 0.311 e. The van der Waals surface area contributed by atoms with Crippen LogP contribution in [-0.2, 0) is 19.0 Å². The molecule has 2 rings (SSSR count). The quantitative estimate of drug-likeness (QED) is 0.727. The first-order valence-corrected chi connectivity index (χ1v) is 7.97. The number of rotatable bonds is 5. The molecule has 1 saturated carbocycles. The van der Waals surface area contributed by atoms with Gasteiger partial charge in [0.25, 0.3) is 0 Å². The van der Waals surface area contributed by atoms with Crippen molar-refractivity contribution in [3.05, 3.63) is 0 Å².